The van der Waals surface area contributed by atoms with Crippen LogP contribution in [0.1, 0.15) is 24.5 Å². The first-order valence-corrected chi connectivity index (χ1v) is 12.9. The van der Waals surface area contributed by atoms with Crippen LogP contribution in [0, 0.1) is 5.92 Å². The summed E-state index contributed by atoms with van der Waals surface area (Å²) in [7, 11) is 0. The number of alkyl halides is 5. The van der Waals surface area contributed by atoms with Gasteiger partial charge in [0.15, 0.2) is 5.67 Å². The molecule has 0 saturated carbocycles. The number of carbonyl (C=O) groups excluding carboxylic acids is 2. The van der Waals surface area contributed by atoms with Gasteiger partial charge in [0, 0.05) is 17.7 Å². The molecule has 10 heteroatoms. The molecule has 0 bridgehead atoms. The summed E-state index contributed by atoms with van der Waals surface area (Å²) < 4.78 is 63.7. The van der Waals surface area contributed by atoms with Crippen molar-refractivity contribution >= 4 is 34.6 Å². The molecule has 0 heterocycles. The van der Waals surface area contributed by atoms with E-state index in [0.717, 1.165) is 18.2 Å². The highest BCUT2D eigenvalue weighted by atomic mass is 35.5. The van der Waals surface area contributed by atoms with Crippen LogP contribution in [0.2, 0.25) is 0 Å². The molecule has 4 atom stereocenters. The first-order valence-electron chi connectivity index (χ1n) is 12.5. The number of halogens is 5. The summed E-state index contributed by atoms with van der Waals surface area (Å²) in [4.78, 5) is 25.4. The van der Waals surface area contributed by atoms with Crippen molar-refractivity contribution in [2.24, 2.45) is 11.7 Å². The van der Waals surface area contributed by atoms with Crippen LogP contribution >= 0.6 is 11.6 Å². The maximum Gasteiger partial charge on any atom is 0.411 e. The van der Waals surface area contributed by atoms with E-state index in [4.69, 9.17) is 22.1 Å². The average molecular weight is 575 g/mol. The summed E-state index contributed by atoms with van der Waals surface area (Å²) in [6, 6.07) is 17.1. The molecular weight excluding hydrogens is 548 g/mol. The summed E-state index contributed by atoms with van der Waals surface area (Å²) in [6.45, 7) is 0.788. The molecule has 0 saturated heterocycles. The Labute approximate surface area is 234 Å². The zero-order valence-corrected chi connectivity index (χ0v) is 22.2. The predicted molar refractivity (Wildman–Crippen MR) is 145 cm³/mol. The number of hydrogen-bond donors (Lipinski definition) is 2. The summed E-state index contributed by atoms with van der Waals surface area (Å²) >= 11 is 6.56. The smallest absolute Gasteiger partial charge is 0.411 e. The van der Waals surface area contributed by atoms with Gasteiger partial charge < -0.3 is 15.8 Å². The van der Waals surface area contributed by atoms with Crippen LogP contribution < -0.4 is 11.1 Å². The molecule has 5 nitrogen and oxygen atoms in total. The first kappa shape index (κ1) is 29.3. The number of carbonyl (C=O) groups is 2. The predicted octanol–water partition coefficient (Wildman–Crippen LogP) is 5.88. The van der Waals surface area contributed by atoms with Gasteiger partial charge in [0.05, 0.1) is 5.92 Å². The highest BCUT2D eigenvalue weighted by Gasteiger charge is 2.58. The molecule has 40 heavy (non-hydrogen) atoms. The van der Waals surface area contributed by atoms with E-state index in [2.05, 4.69) is 5.32 Å². The highest BCUT2D eigenvalue weighted by molar-refractivity contribution is 6.24. The molecule has 4 rings (SSSR count). The Morgan fingerprint density at radius 3 is 2.17 bits per heavy atom. The minimum Gasteiger partial charge on any atom is -0.462 e. The Balaban J connectivity index is 1.76. The zero-order valence-electron chi connectivity index (χ0n) is 21.4. The molecular formula is C30H27ClF4N2O3. The van der Waals surface area contributed by atoms with Gasteiger partial charge in [-0.3, -0.25) is 9.59 Å². The van der Waals surface area contributed by atoms with Crippen molar-refractivity contribution < 1.29 is 31.9 Å². The maximum atomic E-state index is 16.0. The molecule has 210 valence electrons. The molecule has 0 radical (unpaired) electrons. The Morgan fingerprint density at radius 1 is 1.00 bits per heavy atom. The van der Waals surface area contributed by atoms with E-state index in [-0.39, 0.29) is 17.7 Å². The molecule has 3 unspecified atom stereocenters. The van der Waals surface area contributed by atoms with E-state index in [1.54, 1.807) is 60.7 Å². The fourth-order valence-corrected chi connectivity index (χ4v) is 4.80. The van der Waals surface area contributed by atoms with Gasteiger partial charge in [-0.1, -0.05) is 91.9 Å². The standard InChI is InChI=1S/C30H27ClF4N2O3/c1-2-24(38)40-18-28(32)15-14-22(20-11-7-4-8-12-20)25(26(28)31)37-27(39)23-17-21(19-9-5-3-6-10-19)13-16-29(23,36)30(33,34)35/h3-17,23,26H,2,18,36H2,1H3,(H,37,39)/t23?,26-,28?,29?/m1/s1. The number of esters is 1. The summed E-state index contributed by atoms with van der Waals surface area (Å²) in [5, 5.41) is 0.847. The molecule has 3 N–H and O–H groups in total. The van der Waals surface area contributed by atoms with Crippen LogP contribution in [0.25, 0.3) is 11.1 Å². The van der Waals surface area contributed by atoms with Crippen molar-refractivity contribution in [2.75, 3.05) is 6.61 Å². The number of benzene rings is 2. The Hall–Kier alpha value is -3.69. The fourth-order valence-electron chi connectivity index (χ4n) is 4.49. The average Bonchev–Trinajstić information content (AvgIpc) is 2.95. The number of hydrogen-bond acceptors (Lipinski definition) is 4. The van der Waals surface area contributed by atoms with Crippen LogP contribution in [0.5, 0.6) is 0 Å². The number of nitrogens with two attached hydrogens (primary N) is 1. The molecule has 2 aliphatic rings. The number of amides is 1. The van der Waals surface area contributed by atoms with Gasteiger partial charge in [-0.05, 0) is 22.8 Å². The fraction of sp³-hybridized carbons (Fsp3) is 0.267. The summed E-state index contributed by atoms with van der Waals surface area (Å²) in [6.07, 6.45) is 0.613. The van der Waals surface area contributed by atoms with Crippen LogP contribution in [0.3, 0.4) is 0 Å². The van der Waals surface area contributed by atoms with Crippen molar-refractivity contribution in [3.63, 3.8) is 0 Å². The highest BCUT2D eigenvalue weighted by Crippen LogP contribution is 2.42. The second-order valence-corrected chi connectivity index (χ2v) is 9.99. The SMILES string of the molecule is CCC(=O)OCC1(F)C=CC(c2ccccc2)=C(NC(=O)C2C=C(c3ccccc3)C=CC2(N)C(F)(F)F)[C@H]1Cl. The van der Waals surface area contributed by atoms with E-state index in [1.165, 1.54) is 19.1 Å². The lowest BCUT2D eigenvalue weighted by atomic mass is 9.76. The lowest BCUT2D eigenvalue weighted by Gasteiger charge is -2.38. The minimum atomic E-state index is -4.99. The van der Waals surface area contributed by atoms with E-state index in [0.29, 0.717) is 16.7 Å². The number of ether oxygens (including phenoxy) is 1. The minimum absolute atomic E-state index is 0.00273. The van der Waals surface area contributed by atoms with E-state index in [1.807, 2.05) is 0 Å². The third kappa shape index (κ3) is 5.76. The molecule has 2 aromatic carbocycles. The largest absolute Gasteiger partial charge is 0.462 e. The van der Waals surface area contributed by atoms with Crippen LogP contribution in [-0.2, 0) is 14.3 Å². The molecule has 0 aromatic heterocycles. The second-order valence-electron chi connectivity index (χ2n) is 9.55. The number of nitrogens with one attached hydrogen (secondary N) is 1. The van der Waals surface area contributed by atoms with Crippen molar-refractivity contribution in [1.82, 2.24) is 5.32 Å². The normalized spacial score (nSPS) is 26.3. The molecule has 2 aromatic rings. The molecule has 2 aliphatic carbocycles. The summed E-state index contributed by atoms with van der Waals surface area (Å²) in [5.41, 5.74) is 1.94. The van der Waals surface area contributed by atoms with Gasteiger partial charge in [-0.15, -0.1) is 11.6 Å². The van der Waals surface area contributed by atoms with Gasteiger partial charge in [0.25, 0.3) is 0 Å². The van der Waals surface area contributed by atoms with Gasteiger partial charge in [0.2, 0.25) is 5.91 Å². The molecule has 0 aliphatic heterocycles. The molecule has 0 spiro atoms. The lowest BCUT2D eigenvalue weighted by molar-refractivity contribution is -0.184. The quantitative estimate of drug-likeness (QED) is 0.246. The topological polar surface area (TPSA) is 81.4 Å². The third-order valence-electron chi connectivity index (χ3n) is 6.86. The maximum absolute atomic E-state index is 16.0. The van der Waals surface area contributed by atoms with E-state index in [9.17, 15) is 22.8 Å². The van der Waals surface area contributed by atoms with Crippen molar-refractivity contribution in [3.05, 3.63) is 108 Å². The number of allylic oxidation sites excluding steroid dienone is 5. The van der Waals surface area contributed by atoms with Gasteiger partial charge in [-0.25, -0.2) is 4.39 Å². The van der Waals surface area contributed by atoms with Crippen LogP contribution in [-0.4, -0.2) is 41.2 Å². The second kappa shape index (κ2) is 11.4. The zero-order chi connectivity index (χ0) is 29.1. The monoisotopic (exact) mass is 574 g/mol. The van der Waals surface area contributed by atoms with Crippen molar-refractivity contribution in [2.45, 2.75) is 36.1 Å². The molecule has 1 amide bonds. The van der Waals surface area contributed by atoms with Crippen LogP contribution in [0.4, 0.5) is 17.6 Å². The lowest BCUT2D eigenvalue weighted by Crippen LogP contribution is -2.61. The number of rotatable bonds is 7. The van der Waals surface area contributed by atoms with E-state index >= 15 is 4.39 Å². The van der Waals surface area contributed by atoms with Crippen molar-refractivity contribution in [3.8, 4) is 0 Å². The Bertz CT molecular complexity index is 1390. The van der Waals surface area contributed by atoms with Crippen molar-refractivity contribution in [1.29, 1.82) is 0 Å². The third-order valence-corrected chi connectivity index (χ3v) is 7.44. The van der Waals surface area contributed by atoms with E-state index < -0.39 is 47.2 Å². The van der Waals surface area contributed by atoms with Crippen LogP contribution in [0.15, 0.2) is 96.7 Å². The Kier molecular flexibility index (Phi) is 8.37. The summed E-state index contributed by atoms with van der Waals surface area (Å²) in [5.74, 6) is -3.71. The molecule has 0 fully saturated rings. The first-order chi connectivity index (χ1) is 18.9. The van der Waals surface area contributed by atoms with Gasteiger partial charge >= 0.3 is 12.1 Å². The Morgan fingerprint density at radius 2 is 1.60 bits per heavy atom. The van der Waals surface area contributed by atoms with Gasteiger partial charge in [-0.2, -0.15) is 13.2 Å². The van der Waals surface area contributed by atoms with Gasteiger partial charge in [0.1, 0.15) is 17.5 Å².